The smallest absolute Gasteiger partial charge is 0.200 e. The number of benzene rings is 2. The van der Waals surface area contributed by atoms with Crippen molar-refractivity contribution in [2.75, 3.05) is 25.1 Å². The second-order valence-corrected chi connectivity index (χ2v) is 6.86. The molecule has 2 aromatic heterocycles. The van der Waals surface area contributed by atoms with Gasteiger partial charge in [-0.25, -0.2) is 15.0 Å². The number of hydrogen-bond donors (Lipinski definition) is 0. The Balaban J connectivity index is 1.52. The number of rotatable bonds is 3. The van der Waals surface area contributed by atoms with Crippen LogP contribution in [0.25, 0.3) is 22.0 Å². The van der Waals surface area contributed by atoms with Crippen LogP contribution >= 0.6 is 0 Å². The van der Waals surface area contributed by atoms with E-state index in [4.69, 9.17) is 14.1 Å². The fraction of sp³-hybridized carbons (Fsp3) is 0.286. The topological polar surface area (TPSA) is 64.3 Å². The molecule has 1 saturated heterocycles. The molecule has 2 aromatic carbocycles. The minimum Gasteiger partial charge on any atom is -0.496 e. The van der Waals surface area contributed by atoms with E-state index in [0.717, 1.165) is 65.4 Å². The monoisotopic (exact) mass is 360 g/mol. The van der Waals surface area contributed by atoms with E-state index < -0.39 is 0 Å². The van der Waals surface area contributed by atoms with Crippen LogP contribution in [0.2, 0.25) is 0 Å². The lowest BCUT2D eigenvalue weighted by Crippen LogP contribution is -2.35. The molecule has 1 aliphatic rings. The van der Waals surface area contributed by atoms with E-state index in [-0.39, 0.29) is 5.92 Å². The molecule has 0 spiro atoms. The molecule has 6 heteroatoms. The van der Waals surface area contributed by atoms with Crippen LogP contribution in [0.5, 0.6) is 5.75 Å². The molecule has 0 N–H and O–H groups in total. The Bertz CT molecular complexity index is 1070. The van der Waals surface area contributed by atoms with Gasteiger partial charge in [-0.05, 0) is 37.1 Å². The first-order chi connectivity index (χ1) is 13.3. The fourth-order valence-corrected chi connectivity index (χ4v) is 3.91. The first-order valence-electron chi connectivity index (χ1n) is 9.21. The second kappa shape index (κ2) is 6.54. The number of para-hydroxylation sites is 2. The number of aromatic nitrogens is 3. The van der Waals surface area contributed by atoms with Gasteiger partial charge in [0.05, 0.1) is 23.9 Å². The summed E-state index contributed by atoms with van der Waals surface area (Å²) >= 11 is 0. The number of oxazole rings is 1. The van der Waals surface area contributed by atoms with Crippen LogP contribution in [-0.2, 0) is 0 Å². The minimum atomic E-state index is 0.242. The lowest BCUT2D eigenvalue weighted by Gasteiger charge is -2.32. The van der Waals surface area contributed by atoms with Gasteiger partial charge in [0.25, 0.3) is 0 Å². The van der Waals surface area contributed by atoms with Gasteiger partial charge in [-0.1, -0.05) is 18.2 Å². The third kappa shape index (κ3) is 2.77. The molecular formula is C21H20N4O2. The summed E-state index contributed by atoms with van der Waals surface area (Å²) in [4.78, 5) is 16.0. The molecule has 1 fully saturated rings. The maximum Gasteiger partial charge on any atom is 0.200 e. The van der Waals surface area contributed by atoms with Crippen molar-refractivity contribution in [3.63, 3.8) is 0 Å². The van der Waals surface area contributed by atoms with Crippen LogP contribution in [0.1, 0.15) is 24.7 Å². The van der Waals surface area contributed by atoms with Crippen molar-refractivity contribution in [3.05, 3.63) is 54.7 Å². The van der Waals surface area contributed by atoms with E-state index in [2.05, 4.69) is 14.9 Å². The van der Waals surface area contributed by atoms with E-state index in [0.29, 0.717) is 0 Å². The summed E-state index contributed by atoms with van der Waals surface area (Å²) in [6.07, 6.45) is 3.74. The molecule has 27 heavy (non-hydrogen) atoms. The highest BCUT2D eigenvalue weighted by Crippen LogP contribution is 2.36. The maximum absolute atomic E-state index is 6.03. The molecule has 5 rings (SSSR count). The van der Waals surface area contributed by atoms with Crippen LogP contribution in [0.4, 0.5) is 5.82 Å². The first kappa shape index (κ1) is 16.1. The number of nitrogens with zero attached hydrogens (tertiary/aromatic N) is 4. The van der Waals surface area contributed by atoms with Crippen molar-refractivity contribution in [2.24, 2.45) is 0 Å². The van der Waals surface area contributed by atoms with Crippen LogP contribution in [0.3, 0.4) is 0 Å². The Morgan fingerprint density at radius 3 is 2.85 bits per heavy atom. The van der Waals surface area contributed by atoms with E-state index in [9.17, 15) is 0 Å². The molecule has 3 heterocycles. The molecule has 0 radical (unpaired) electrons. The number of ether oxygens (including phenoxy) is 1. The predicted octanol–water partition coefficient (Wildman–Crippen LogP) is 4.16. The van der Waals surface area contributed by atoms with E-state index in [1.165, 1.54) is 0 Å². The van der Waals surface area contributed by atoms with E-state index in [1.54, 1.807) is 13.4 Å². The van der Waals surface area contributed by atoms with E-state index in [1.807, 2.05) is 42.5 Å². The summed E-state index contributed by atoms with van der Waals surface area (Å²) in [6.45, 7) is 1.76. The summed E-state index contributed by atoms with van der Waals surface area (Å²) in [6, 6.07) is 13.8. The van der Waals surface area contributed by atoms with Crippen molar-refractivity contribution in [2.45, 2.75) is 18.8 Å². The van der Waals surface area contributed by atoms with Gasteiger partial charge in [-0.15, -0.1) is 0 Å². The molecule has 4 aromatic rings. The zero-order valence-electron chi connectivity index (χ0n) is 15.1. The second-order valence-electron chi connectivity index (χ2n) is 6.86. The molecule has 0 amide bonds. The minimum absolute atomic E-state index is 0.242. The maximum atomic E-state index is 6.03. The summed E-state index contributed by atoms with van der Waals surface area (Å²) in [5.41, 5.74) is 2.65. The molecule has 1 aliphatic heterocycles. The van der Waals surface area contributed by atoms with Crippen molar-refractivity contribution in [1.29, 1.82) is 0 Å². The highest BCUT2D eigenvalue weighted by molar-refractivity contribution is 5.94. The van der Waals surface area contributed by atoms with Crippen molar-refractivity contribution < 1.29 is 9.15 Å². The van der Waals surface area contributed by atoms with Gasteiger partial charge in [-0.2, -0.15) is 0 Å². The molecule has 0 aliphatic carbocycles. The summed E-state index contributed by atoms with van der Waals surface area (Å²) in [7, 11) is 1.68. The van der Waals surface area contributed by atoms with Gasteiger partial charge in [0.15, 0.2) is 11.5 Å². The third-order valence-electron chi connectivity index (χ3n) is 5.21. The largest absolute Gasteiger partial charge is 0.496 e. The lowest BCUT2D eigenvalue weighted by atomic mass is 9.97. The molecule has 0 saturated carbocycles. The number of fused-ring (bicyclic) bond motifs is 2. The Kier molecular flexibility index (Phi) is 3.89. The average molecular weight is 360 g/mol. The van der Waals surface area contributed by atoms with Crippen LogP contribution in [0.15, 0.2) is 53.2 Å². The van der Waals surface area contributed by atoms with Crippen LogP contribution in [-0.4, -0.2) is 35.2 Å². The molecule has 0 bridgehead atoms. The first-order valence-corrected chi connectivity index (χ1v) is 9.21. The Morgan fingerprint density at radius 2 is 1.96 bits per heavy atom. The van der Waals surface area contributed by atoms with Gasteiger partial charge in [0.2, 0.25) is 0 Å². The Labute approximate surface area is 156 Å². The van der Waals surface area contributed by atoms with Gasteiger partial charge in [0.1, 0.15) is 23.4 Å². The van der Waals surface area contributed by atoms with Crippen LogP contribution < -0.4 is 9.64 Å². The normalized spacial score (nSPS) is 17.5. The van der Waals surface area contributed by atoms with Crippen LogP contribution in [0, 0.1) is 0 Å². The lowest BCUT2D eigenvalue weighted by molar-refractivity contribution is 0.411. The highest BCUT2D eigenvalue weighted by Gasteiger charge is 2.27. The molecule has 6 nitrogen and oxygen atoms in total. The third-order valence-corrected chi connectivity index (χ3v) is 5.21. The number of methoxy groups -OCH3 is 1. The van der Waals surface area contributed by atoms with Gasteiger partial charge in [0, 0.05) is 13.1 Å². The SMILES string of the molecule is COc1cccc2ncnc(N3CCC[C@@H](c4nc5ccccc5o4)C3)c12. The average Bonchev–Trinajstić information content (AvgIpc) is 3.17. The molecule has 0 unspecified atom stereocenters. The van der Waals surface area contributed by atoms with Crippen molar-refractivity contribution in [1.82, 2.24) is 15.0 Å². The summed E-state index contributed by atoms with van der Waals surface area (Å²) in [5.74, 6) is 2.77. The molecule has 1 atom stereocenters. The summed E-state index contributed by atoms with van der Waals surface area (Å²) < 4.78 is 11.6. The number of anilines is 1. The van der Waals surface area contributed by atoms with Gasteiger partial charge in [-0.3, -0.25) is 0 Å². The van der Waals surface area contributed by atoms with Crippen molar-refractivity contribution >= 4 is 27.8 Å². The highest BCUT2D eigenvalue weighted by atomic mass is 16.5. The number of piperidine rings is 1. The quantitative estimate of drug-likeness (QED) is 0.546. The summed E-state index contributed by atoms with van der Waals surface area (Å²) in [5, 5.41) is 0.959. The number of hydrogen-bond acceptors (Lipinski definition) is 6. The van der Waals surface area contributed by atoms with Gasteiger partial charge < -0.3 is 14.1 Å². The zero-order chi connectivity index (χ0) is 18.2. The van der Waals surface area contributed by atoms with Gasteiger partial charge >= 0.3 is 0 Å². The predicted molar refractivity (Wildman–Crippen MR) is 104 cm³/mol. The Hall–Kier alpha value is -3.15. The standard InChI is InChI=1S/C21H20N4O2/c1-26-18-10-4-8-16-19(18)20(23-13-22-16)25-11-5-6-14(12-25)21-24-15-7-2-3-9-17(15)27-21/h2-4,7-10,13-14H,5-6,11-12H2,1H3/t14-/m1/s1. The zero-order valence-corrected chi connectivity index (χ0v) is 15.1. The molecule has 136 valence electrons. The fourth-order valence-electron chi connectivity index (χ4n) is 3.91. The van der Waals surface area contributed by atoms with Crippen molar-refractivity contribution in [3.8, 4) is 5.75 Å². The van der Waals surface area contributed by atoms with E-state index >= 15 is 0 Å². The Morgan fingerprint density at radius 1 is 1.07 bits per heavy atom. The molecular weight excluding hydrogens is 340 g/mol.